The molecular formula is C19H16N2O. The summed E-state index contributed by atoms with van der Waals surface area (Å²) in [7, 11) is 0. The van der Waals surface area contributed by atoms with Gasteiger partial charge in [0.05, 0.1) is 5.57 Å². The Kier molecular flexibility index (Phi) is 2.70. The smallest absolute Gasteiger partial charge is 0.256 e. The number of para-hydroxylation sites is 1. The van der Waals surface area contributed by atoms with Crippen LogP contribution in [0.3, 0.4) is 0 Å². The van der Waals surface area contributed by atoms with Gasteiger partial charge in [0.15, 0.2) is 0 Å². The Morgan fingerprint density at radius 2 is 1.82 bits per heavy atom. The van der Waals surface area contributed by atoms with Gasteiger partial charge in [-0.05, 0) is 43.2 Å². The first-order chi connectivity index (χ1) is 10.6. The van der Waals surface area contributed by atoms with Crippen LogP contribution in [0.5, 0.6) is 0 Å². The van der Waals surface area contributed by atoms with Crippen LogP contribution in [0.15, 0.2) is 42.5 Å². The molecule has 0 aliphatic carbocycles. The van der Waals surface area contributed by atoms with E-state index in [1.54, 1.807) is 0 Å². The second-order valence-electron chi connectivity index (χ2n) is 5.72. The highest BCUT2D eigenvalue weighted by Gasteiger charge is 2.25. The summed E-state index contributed by atoms with van der Waals surface area (Å²) in [4.78, 5) is 15.7. The fourth-order valence-corrected chi connectivity index (χ4v) is 3.16. The number of rotatable bonds is 1. The van der Waals surface area contributed by atoms with Crippen LogP contribution in [-0.2, 0) is 4.79 Å². The van der Waals surface area contributed by atoms with Crippen LogP contribution in [0, 0.1) is 13.8 Å². The minimum absolute atomic E-state index is 0.0395. The fourth-order valence-electron chi connectivity index (χ4n) is 3.16. The van der Waals surface area contributed by atoms with E-state index in [4.69, 9.17) is 0 Å². The molecule has 2 aromatic carbocycles. The van der Waals surface area contributed by atoms with Crippen LogP contribution >= 0.6 is 0 Å². The molecule has 2 N–H and O–H groups in total. The maximum atomic E-state index is 12.3. The number of benzene rings is 2. The zero-order chi connectivity index (χ0) is 15.3. The van der Waals surface area contributed by atoms with Crippen molar-refractivity contribution in [2.45, 2.75) is 13.8 Å². The van der Waals surface area contributed by atoms with E-state index in [2.05, 4.69) is 29.4 Å². The first-order valence-electron chi connectivity index (χ1n) is 7.35. The molecule has 0 fully saturated rings. The minimum atomic E-state index is -0.0395. The van der Waals surface area contributed by atoms with Gasteiger partial charge in [0.2, 0.25) is 0 Å². The summed E-state index contributed by atoms with van der Waals surface area (Å²) < 4.78 is 0. The van der Waals surface area contributed by atoms with Crippen molar-refractivity contribution in [3.05, 3.63) is 64.8 Å². The number of anilines is 1. The molecule has 2 heterocycles. The number of aromatic nitrogens is 1. The molecule has 0 atom stereocenters. The van der Waals surface area contributed by atoms with Crippen molar-refractivity contribution in [2.75, 3.05) is 5.32 Å². The number of aryl methyl sites for hydroxylation is 2. The number of carbonyl (C=O) groups excluding carboxylic acids is 1. The van der Waals surface area contributed by atoms with E-state index in [9.17, 15) is 4.79 Å². The van der Waals surface area contributed by atoms with E-state index in [1.165, 1.54) is 5.39 Å². The van der Waals surface area contributed by atoms with E-state index < -0.39 is 0 Å². The molecule has 3 heteroatoms. The van der Waals surface area contributed by atoms with E-state index >= 15 is 0 Å². The molecule has 0 saturated heterocycles. The predicted octanol–water partition coefficient (Wildman–Crippen LogP) is 4.28. The number of fused-ring (bicyclic) bond motifs is 2. The predicted molar refractivity (Wildman–Crippen MR) is 90.7 cm³/mol. The quantitative estimate of drug-likeness (QED) is 0.645. The molecule has 0 radical (unpaired) electrons. The molecule has 0 saturated carbocycles. The van der Waals surface area contributed by atoms with Gasteiger partial charge in [-0.2, -0.15) is 0 Å². The average Bonchev–Trinajstić information content (AvgIpc) is 2.99. The van der Waals surface area contributed by atoms with Crippen molar-refractivity contribution in [1.29, 1.82) is 0 Å². The molecule has 4 rings (SSSR count). The number of carbonyl (C=O) groups is 1. The SMILES string of the molecule is Cc1cccc2c1/C(=C/c1[nH]c3ccccc3c1C)C(=O)N2. The maximum Gasteiger partial charge on any atom is 0.256 e. The van der Waals surface area contributed by atoms with Crippen LogP contribution < -0.4 is 5.32 Å². The van der Waals surface area contributed by atoms with E-state index in [-0.39, 0.29) is 5.91 Å². The van der Waals surface area contributed by atoms with Crippen molar-refractivity contribution in [2.24, 2.45) is 0 Å². The van der Waals surface area contributed by atoms with Crippen LogP contribution in [0.1, 0.15) is 22.4 Å². The second kappa shape index (κ2) is 4.60. The summed E-state index contributed by atoms with van der Waals surface area (Å²) >= 11 is 0. The van der Waals surface area contributed by atoms with Crippen LogP contribution in [0.25, 0.3) is 22.6 Å². The van der Waals surface area contributed by atoms with Gasteiger partial charge in [-0.3, -0.25) is 4.79 Å². The lowest BCUT2D eigenvalue weighted by atomic mass is 10.00. The molecule has 0 spiro atoms. The highest BCUT2D eigenvalue weighted by atomic mass is 16.2. The first-order valence-corrected chi connectivity index (χ1v) is 7.35. The van der Waals surface area contributed by atoms with Crippen molar-refractivity contribution in [3.8, 4) is 0 Å². The fraction of sp³-hybridized carbons (Fsp3) is 0.105. The van der Waals surface area contributed by atoms with Gasteiger partial charge in [-0.1, -0.05) is 30.3 Å². The van der Waals surface area contributed by atoms with Crippen molar-refractivity contribution < 1.29 is 4.79 Å². The summed E-state index contributed by atoms with van der Waals surface area (Å²) in [5, 5.41) is 4.13. The highest BCUT2D eigenvalue weighted by molar-refractivity contribution is 6.35. The molecule has 1 aliphatic rings. The Balaban J connectivity index is 1.93. The Morgan fingerprint density at radius 1 is 1.00 bits per heavy atom. The molecule has 1 aromatic heterocycles. The van der Waals surface area contributed by atoms with Crippen LogP contribution in [-0.4, -0.2) is 10.9 Å². The van der Waals surface area contributed by atoms with Crippen molar-refractivity contribution in [1.82, 2.24) is 4.98 Å². The lowest BCUT2D eigenvalue weighted by Crippen LogP contribution is -2.03. The molecule has 3 nitrogen and oxygen atoms in total. The standard InChI is InChI=1S/C19H16N2O/c1-11-6-5-9-16-18(11)14(19(22)21-16)10-17-12(2)13-7-3-4-8-15(13)20-17/h3-10,20H,1-2H3,(H,21,22)/b14-10-. The Bertz CT molecular complexity index is 947. The van der Waals surface area contributed by atoms with Gasteiger partial charge in [0.25, 0.3) is 5.91 Å². The Labute approximate surface area is 128 Å². The summed E-state index contributed by atoms with van der Waals surface area (Å²) in [5.74, 6) is -0.0395. The maximum absolute atomic E-state index is 12.3. The molecular weight excluding hydrogens is 272 g/mol. The number of hydrogen-bond acceptors (Lipinski definition) is 1. The van der Waals surface area contributed by atoms with Gasteiger partial charge >= 0.3 is 0 Å². The van der Waals surface area contributed by atoms with Crippen molar-refractivity contribution >= 4 is 34.1 Å². The molecule has 108 valence electrons. The van der Waals surface area contributed by atoms with E-state index in [0.29, 0.717) is 0 Å². The largest absolute Gasteiger partial charge is 0.355 e. The van der Waals surface area contributed by atoms with Gasteiger partial charge in [0.1, 0.15) is 0 Å². The Hall–Kier alpha value is -2.81. The highest BCUT2D eigenvalue weighted by Crippen LogP contribution is 2.36. The Morgan fingerprint density at radius 3 is 2.64 bits per heavy atom. The number of aromatic amines is 1. The topological polar surface area (TPSA) is 44.9 Å². The van der Waals surface area contributed by atoms with Gasteiger partial charge in [-0.25, -0.2) is 0 Å². The first kappa shape index (κ1) is 12.9. The van der Waals surface area contributed by atoms with Crippen molar-refractivity contribution in [3.63, 3.8) is 0 Å². The zero-order valence-corrected chi connectivity index (χ0v) is 12.5. The monoisotopic (exact) mass is 288 g/mol. The van der Waals surface area contributed by atoms with E-state index in [1.807, 2.05) is 43.3 Å². The van der Waals surface area contributed by atoms with E-state index in [0.717, 1.165) is 39.2 Å². The zero-order valence-electron chi connectivity index (χ0n) is 12.5. The number of hydrogen-bond donors (Lipinski definition) is 2. The summed E-state index contributed by atoms with van der Waals surface area (Å²) in [6.07, 6.45) is 1.96. The van der Waals surface area contributed by atoms with Gasteiger partial charge in [-0.15, -0.1) is 0 Å². The third kappa shape index (κ3) is 1.79. The lowest BCUT2D eigenvalue weighted by Gasteiger charge is -2.02. The summed E-state index contributed by atoms with van der Waals surface area (Å²) in [6, 6.07) is 14.1. The molecule has 1 amide bonds. The average molecular weight is 288 g/mol. The molecule has 0 unspecified atom stereocenters. The number of nitrogens with one attached hydrogen (secondary N) is 2. The molecule has 1 aliphatic heterocycles. The third-order valence-electron chi connectivity index (χ3n) is 4.33. The number of amides is 1. The second-order valence-corrected chi connectivity index (χ2v) is 5.72. The lowest BCUT2D eigenvalue weighted by molar-refractivity contribution is -0.110. The van der Waals surface area contributed by atoms with Gasteiger partial charge < -0.3 is 10.3 Å². The minimum Gasteiger partial charge on any atom is -0.355 e. The molecule has 0 bridgehead atoms. The summed E-state index contributed by atoms with van der Waals surface area (Å²) in [5.41, 5.74) is 6.98. The third-order valence-corrected chi connectivity index (χ3v) is 4.33. The molecule has 3 aromatic rings. The van der Waals surface area contributed by atoms with Gasteiger partial charge in [0, 0.05) is 27.8 Å². The normalized spacial score (nSPS) is 15.4. The summed E-state index contributed by atoms with van der Waals surface area (Å²) in [6.45, 7) is 4.11. The van der Waals surface area contributed by atoms with Crippen LogP contribution in [0.4, 0.5) is 5.69 Å². The van der Waals surface area contributed by atoms with Crippen LogP contribution in [0.2, 0.25) is 0 Å². The molecule has 22 heavy (non-hydrogen) atoms. The number of H-pyrrole nitrogens is 1.